The van der Waals surface area contributed by atoms with Crippen LogP contribution in [0, 0.1) is 0 Å². The molecule has 0 unspecified atom stereocenters. The highest BCUT2D eigenvalue weighted by Crippen LogP contribution is 2.33. The first kappa shape index (κ1) is 24.7. The van der Waals surface area contributed by atoms with Gasteiger partial charge in [0.05, 0.1) is 10.5 Å². The van der Waals surface area contributed by atoms with Crippen molar-refractivity contribution in [1.29, 1.82) is 0 Å². The molecule has 9 heteroatoms. The zero-order valence-electron chi connectivity index (χ0n) is 18.2. The van der Waals surface area contributed by atoms with Crippen molar-refractivity contribution in [3.63, 3.8) is 0 Å². The maximum atomic E-state index is 12.9. The number of thioether (sulfide) groups is 1. The largest absolute Gasteiger partial charge is 0.416 e. The second kappa shape index (κ2) is 10.5. The van der Waals surface area contributed by atoms with E-state index >= 15 is 0 Å². The zero-order valence-corrected chi connectivity index (χ0v) is 19.8. The van der Waals surface area contributed by atoms with Crippen molar-refractivity contribution >= 4 is 51.9 Å². The Morgan fingerprint density at radius 1 is 0.971 bits per heavy atom. The Bertz CT molecular complexity index is 1290. The lowest BCUT2D eigenvalue weighted by Crippen LogP contribution is -2.31. The first-order chi connectivity index (χ1) is 16.7. The number of benzene rings is 3. The van der Waals surface area contributed by atoms with E-state index in [1.54, 1.807) is 6.08 Å². The summed E-state index contributed by atoms with van der Waals surface area (Å²) < 4.78 is 38.9. The second-order valence-corrected chi connectivity index (χ2v) is 9.37. The maximum Gasteiger partial charge on any atom is 0.416 e. The molecule has 0 spiro atoms. The number of nitrogens with one attached hydrogen (secondary N) is 1. The first-order valence-electron chi connectivity index (χ1n) is 10.6. The Kier molecular flexibility index (Phi) is 7.37. The SMILES string of the molecule is O=C(CCN1C(=O)/C(=C/c2ccc(-c3ccccc3)cc2)SC1=S)Nc1cccc(C(F)(F)F)c1. The van der Waals surface area contributed by atoms with Gasteiger partial charge >= 0.3 is 6.18 Å². The summed E-state index contributed by atoms with van der Waals surface area (Å²) in [6.45, 7) is 0.0275. The van der Waals surface area contributed by atoms with E-state index in [9.17, 15) is 22.8 Å². The number of hydrogen-bond donors (Lipinski definition) is 1. The third kappa shape index (κ3) is 6.17. The lowest BCUT2D eigenvalue weighted by molar-refractivity contribution is -0.137. The van der Waals surface area contributed by atoms with E-state index in [4.69, 9.17) is 12.2 Å². The molecule has 2 amide bonds. The molecule has 0 aliphatic carbocycles. The van der Waals surface area contributed by atoms with Gasteiger partial charge in [-0.25, -0.2) is 0 Å². The molecule has 1 fully saturated rings. The molecule has 1 aliphatic rings. The fourth-order valence-electron chi connectivity index (χ4n) is 3.46. The van der Waals surface area contributed by atoms with Crippen molar-refractivity contribution in [2.45, 2.75) is 12.6 Å². The highest BCUT2D eigenvalue weighted by molar-refractivity contribution is 8.26. The molecule has 0 saturated carbocycles. The van der Waals surface area contributed by atoms with E-state index in [0.717, 1.165) is 40.6 Å². The summed E-state index contributed by atoms with van der Waals surface area (Å²) >= 11 is 6.46. The molecule has 1 saturated heterocycles. The summed E-state index contributed by atoms with van der Waals surface area (Å²) in [6, 6.07) is 22.1. The Hall–Kier alpha value is -3.43. The van der Waals surface area contributed by atoms with Gasteiger partial charge in [-0.3, -0.25) is 14.5 Å². The Morgan fingerprint density at radius 3 is 2.34 bits per heavy atom. The highest BCUT2D eigenvalue weighted by Gasteiger charge is 2.32. The quantitative estimate of drug-likeness (QED) is 0.299. The summed E-state index contributed by atoms with van der Waals surface area (Å²) in [4.78, 5) is 26.9. The predicted molar refractivity (Wildman–Crippen MR) is 136 cm³/mol. The van der Waals surface area contributed by atoms with Crippen LogP contribution in [0.1, 0.15) is 17.5 Å². The Morgan fingerprint density at radius 2 is 1.66 bits per heavy atom. The fourth-order valence-corrected chi connectivity index (χ4v) is 4.77. The normalized spacial score (nSPS) is 15.1. The van der Waals surface area contributed by atoms with Gasteiger partial charge in [-0.05, 0) is 41.0 Å². The molecule has 4 rings (SSSR count). The van der Waals surface area contributed by atoms with Crippen molar-refractivity contribution < 1.29 is 22.8 Å². The molecule has 1 heterocycles. The van der Waals surface area contributed by atoms with Gasteiger partial charge in [0.25, 0.3) is 5.91 Å². The second-order valence-electron chi connectivity index (χ2n) is 7.70. The van der Waals surface area contributed by atoms with Crippen molar-refractivity contribution in [3.8, 4) is 11.1 Å². The van der Waals surface area contributed by atoms with Gasteiger partial charge in [0.15, 0.2) is 0 Å². The number of anilines is 1. The van der Waals surface area contributed by atoms with Gasteiger partial charge in [0, 0.05) is 18.7 Å². The summed E-state index contributed by atoms with van der Waals surface area (Å²) in [7, 11) is 0. The minimum atomic E-state index is -4.50. The van der Waals surface area contributed by atoms with Crippen LogP contribution < -0.4 is 5.32 Å². The fraction of sp³-hybridized carbons (Fsp3) is 0.115. The van der Waals surface area contributed by atoms with Crippen LogP contribution in [0.25, 0.3) is 17.2 Å². The number of alkyl halides is 3. The number of halogens is 3. The molecule has 178 valence electrons. The lowest BCUT2D eigenvalue weighted by atomic mass is 10.0. The van der Waals surface area contributed by atoms with E-state index in [-0.39, 0.29) is 24.6 Å². The zero-order chi connectivity index (χ0) is 25.0. The number of rotatable bonds is 6. The van der Waals surface area contributed by atoms with Crippen LogP contribution >= 0.6 is 24.0 Å². The van der Waals surface area contributed by atoms with E-state index in [0.29, 0.717) is 9.23 Å². The highest BCUT2D eigenvalue weighted by atomic mass is 32.2. The minimum absolute atomic E-state index is 0.0275. The van der Waals surface area contributed by atoms with Gasteiger partial charge in [0.2, 0.25) is 5.91 Å². The van der Waals surface area contributed by atoms with Gasteiger partial charge in [0.1, 0.15) is 4.32 Å². The molecule has 0 radical (unpaired) electrons. The predicted octanol–water partition coefficient (Wildman–Crippen LogP) is 6.60. The Labute approximate surface area is 209 Å². The van der Waals surface area contributed by atoms with Crippen LogP contribution in [0.3, 0.4) is 0 Å². The number of amides is 2. The van der Waals surface area contributed by atoms with E-state index in [1.807, 2.05) is 54.6 Å². The van der Waals surface area contributed by atoms with Crippen molar-refractivity contribution in [1.82, 2.24) is 4.90 Å². The summed E-state index contributed by atoms with van der Waals surface area (Å²) in [6.07, 6.45) is -2.87. The molecular weight excluding hydrogens is 493 g/mol. The average molecular weight is 513 g/mol. The maximum absolute atomic E-state index is 12.9. The third-order valence-corrected chi connectivity index (χ3v) is 6.60. The van der Waals surface area contributed by atoms with E-state index in [1.165, 1.54) is 17.0 Å². The van der Waals surface area contributed by atoms with Crippen LogP contribution in [0.5, 0.6) is 0 Å². The molecule has 3 aromatic carbocycles. The van der Waals surface area contributed by atoms with Crippen molar-refractivity contribution in [2.24, 2.45) is 0 Å². The van der Waals surface area contributed by atoms with Gasteiger partial charge < -0.3 is 5.32 Å². The van der Waals surface area contributed by atoms with Gasteiger partial charge in [-0.1, -0.05) is 84.6 Å². The number of nitrogens with zero attached hydrogens (tertiary/aromatic N) is 1. The molecule has 0 bridgehead atoms. The first-order valence-corrected chi connectivity index (χ1v) is 11.8. The molecule has 4 nitrogen and oxygen atoms in total. The molecule has 35 heavy (non-hydrogen) atoms. The van der Waals surface area contributed by atoms with Crippen molar-refractivity contribution in [2.75, 3.05) is 11.9 Å². The monoisotopic (exact) mass is 512 g/mol. The smallest absolute Gasteiger partial charge is 0.326 e. The van der Waals surface area contributed by atoms with E-state index in [2.05, 4.69) is 5.32 Å². The molecule has 0 atom stereocenters. The van der Waals surface area contributed by atoms with Crippen LogP contribution in [-0.4, -0.2) is 27.6 Å². The molecule has 1 aliphatic heterocycles. The van der Waals surface area contributed by atoms with Crippen LogP contribution in [-0.2, 0) is 15.8 Å². The Balaban J connectivity index is 1.36. The van der Waals surface area contributed by atoms with Crippen LogP contribution in [0.4, 0.5) is 18.9 Å². The standard InChI is InChI=1S/C26H19F3N2O2S2/c27-26(28,29)20-7-4-8-21(16-20)30-23(32)13-14-31-24(33)22(35-25(31)34)15-17-9-11-19(12-10-17)18-5-2-1-3-6-18/h1-12,15-16H,13-14H2,(H,30,32)/b22-15-. The number of thiocarbonyl (C=S) groups is 1. The summed E-state index contributed by atoms with van der Waals surface area (Å²) in [5.41, 5.74) is 2.17. The molecule has 1 N–H and O–H groups in total. The minimum Gasteiger partial charge on any atom is -0.326 e. The summed E-state index contributed by atoms with van der Waals surface area (Å²) in [5.74, 6) is -0.821. The molecular formula is C26H19F3N2O2S2. The van der Waals surface area contributed by atoms with Gasteiger partial charge in [-0.15, -0.1) is 0 Å². The molecule has 0 aromatic heterocycles. The lowest BCUT2D eigenvalue weighted by Gasteiger charge is -2.14. The number of carbonyl (C=O) groups is 2. The van der Waals surface area contributed by atoms with E-state index < -0.39 is 17.6 Å². The number of hydrogen-bond acceptors (Lipinski definition) is 4. The summed E-state index contributed by atoms with van der Waals surface area (Å²) in [5, 5.41) is 2.44. The van der Waals surface area contributed by atoms with Crippen LogP contribution in [0.15, 0.2) is 83.8 Å². The van der Waals surface area contributed by atoms with Gasteiger partial charge in [-0.2, -0.15) is 13.2 Å². The van der Waals surface area contributed by atoms with Crippen molar-refractivity contribution in [3.05, 3.63) is 94.9 Å². The number of carbonyl (C=O) groups excluding carboxylic acids is 2. The molecule has 3 aromatic rings. The average Bonchev–Trinajstić information content (AvgIpc) is 3.10. The topological polar surface area (TPSA) is 49.4 Å². The van der Waals surface area contributed by atoms with Crippen LogP contribution in [0.2, 0.25) is 0 Å². The third-order valence-electron chi connectivity index (χ3n) is 5.23.